The average Bonchev–Trinajstić information content (AvgIpc) is 2.26. The highest BCUT2D eigenvalue weighted by molar-refractivity contribution is 7.99. The number of nitrogens with two attached hydrogens (primary N) is 1. The molecule has 0 saturated heterocycles. The summed E-state index contributed by atoms with van der Waals surface area (Å²) in [5, 5.41) is 0. The Kier molecular flexibility index (Phi) is 4.68. The number of rotatable bonds is 4. The van der Waals surface area contributed by atoms with Crippen LogP contribution in [0.15, 0.2) is 23.1 Å². The van der Waals surface area contributed by atoms with Gasteiger partial charge in [0, 0.05) is 16.3 Å². The topological polar surface area (TPSA) is 52.3 Å². The van der Waals surface area contributed by atoms with Gasteiger partial charge in [-0.3, -0.25) is 4.79 Å². The third-order valence-corrected chi connectivity index (χ3v) is 3.61. The van der Waals surface area contributed by atoms with Crippen molar-refractivity contribution in [3.05, 3.63) is 23.8 Å². The van der Waals surface area contributed by atoms with Gasteiger partial charge in [0.15, 0.2) is 0 Å². The van der Waals surface area contributed by atoms with Gasteiger partial charge in [-0.25, -0.2) is 0 Å². The number of hydrogen-bond donors (Lipinski definition) is 1. The van der Waals surface area contributed by atoms with Gasteiger partial charge in [0.25, 0.3) is 0 Å². The summed E-state index contributed by atoms with van der Waals surface area (Å²) in [6.07, 6.45) is 0. The predicted octanol–water partition coefficient (Wildman–Crippen LogP) is 2.48. The van der Waals surface area contributed by atoms with Gasteiger partial charge in [-0.05, 0) is 24.6 Å². The molecule has 1 unspecified atom stereocenters. The Bertz CT molecular complexity index is 379. The zero-order valence-electron chi connectivity index (χ0n) is 9.82. The maximum absolute atomic E-state index is 11.2. The molecule has 1 atom stereocenters. The molecule has 0 radical (unpaired) electrons. The SMILES string of the molecule is COC(=O)C(C)CSc1ccc(C)cc1N. The Morgan fingerprint density at radius 2 is 2.25 bits per heavy atom. The largest absolute Gasteiger partial charge is 0.469 e. The molecule has 88 valence electrons. The second-order valence-electron chi connectivity index (χ2n) is 3.78. The number of carbonyl (C=O) groups excluding carboxylic acids is 1. The number of esters is 1. The summed E-state index contributed by atoms with van der Waals surface area (Å²) in [5.41, 5.74) is 7.79. The summed E-state index contributed by atoms with van der Waals surface area (Å²) in [4.78, 5) is 12.2. The van der Waals surface area contributed by atoms with Crippen LogP contribution in [0.3, 0.4) is 0 Å². The van der Waals surface area contributed by atoms with Crippen LogP contribution in [-0.4, -0.2) is 18.8 Å². The van der Waals surface area contributed by atoms with Gasteiger partial charge in [0.2, 0.25) is 0 Å². The molecule has 0 amide bonds. The highest BCUT2D eigenvalue weighted by Crippen LogP contribution is 2.27. The Morgan fingerprint density at radius 3 is 2.81 bits per heavy atom. The number of thioether (sulfide) groups is 1. The molecule has 3 nitrogen and oxygen atoms in total. The molecule has 1 rings (SSSR count). The molecule has 0 bridgehead atoms. The number of benzene rings is 1. The zero-order chi connectivity index (χ0) is 12.1. The van der Waals surface area contributed by atoms with E-state index in [4.69, 9.17) is 5.73 Å². The first kappa shape index (κ1) is 12.9. The zero-order valence-corrected chi connectivity index (χ0v) is 10.6. The van der Waals surface area contributed by atoms with Crippen molar-refractivity contribution in [3.63, 3.8) is 0 Å². The van der Waals surface area contributed by atoms with Gasteiger partial charge in [-0.1, -0.05) is 13.0 Å². The van der Waals surface area contributed by atoms with Crippen LogP contribution in [0.5, 0.6) is 0 Å². The summed E-state index contributed by atoms with van der Waals surface area (Å²) in [7, 11) is 1.41. The minimum Gasteiger partial charge on any atom is -0.469 e. The lowest BCUT2D eigenvalue weighted by molar-refractivity contribution is -0.143. The molecular weight excluding hydrogens is 222 g/mol. The molecule has 0 saturated carbocycles. The minimum atomic E-state index is -0.182. The van der Waals surface area contributed by atoms with Gasteiger partial charge >= 0.3 is 5.97 Å². The molecule has 16 heavy (non-hydrogen) atoms. The molecule has 4 heteroatoms. The average molecular weight is 239 g/mol. The van der Waals surface area contributed by atoms with Crippen molar-refractivity contribution in [2.24, 2.45) is 5.92 Å². The second-order valence-corrected chi connectivity index (χ2v) is 4.84. The van der Waals surface area contributed by atoms with Crippen molar-refractivity contribution >= 4 is 23.4 Å². The van der Waals surface area contributed by atoms with Gasteiger partial charge in [-0.15, -0.1) is 11.8 Å². The van der Waals surface area contributed by atoms with Crippen LogP contribution in [0.25, 0.3) is 0 Å². The van der Waals surface area contributed by atoms with Crippen LogP contribution in [0.1, 0.15) is 12.5 Å². The Labute approximate surface area is 100 Å². The van der Waals surface area contributed by atoms with Crippen molar-refractivity contribution in [1.29, 1.82) is 0 Å². The van der Waals surface area contributed by atoms with Gasteiger partial charge in [-0.2, -0.15) is 0 Å². The van der Waals surface area contributed by atoms with E-state index in [0.29, 0.717) is 5.75 Å². The molecule has 0 fully saturated rings. The molecule has 0 aliphatic rings. The molecule has 0 aliphatic carbocycles. The monoisotopic (exact) mass is 239 g/mol. The smallest absolute Gasteiger partial charge is 0.309 e. The van der Waals surface area contributed by atoms with E-state index < -0.39 is 0 Å². The van der Waals surface area contributed by atoms with Crippen LogP contribution in [-0.2, 0) is 9.53 Å². The summed E-state index contributed by atoms with van der Waals surface area (Å²) in [6, 6.07) is 5.94. The number of aryl methyl sites for hydroxylation is 1. The van der Waals surface area contributed by atoms with Crippen molar-refractivity contribution in [2.75, 3.05) is 18.6 Å². The lowest BCUT2D eigenvalue weighted by Crippen LogP contribution is -2.14. The Hall–Kier alpha value is -1.16. The molecule has 0 aromatic heterocycles. The number of hydrogen-bond acceptors (Lipinski definition) is 4. The lowest BCUT2D eigenvalue weighted by Gasteiger charge is -2.10. The summed E-state index contributed by atoms with van der Waals surface area (Å²) in [5.74, 6) is 0.383. The standard InChI is InChI=1S/C12H17NO2S/c1-8-4-5-11(10(13)6-8)16-7-9(2)12(14)15-3/h4-6,9H,7,13H2,1-3H3. The molecule has 0 aliphatic heterocycles. The number of anilines is 1. The maximum Gasteiger partial charge on any atom is 0.309 e. The van der Waals surface area contributed by atoms with Gasteiger partial charge in [0.1, 0.15) is 0 Å². The van der Waals surface area contributed by atoms with Crippen LogP contribution in [0, 0.1) is 12.8 Å². The van der Waals surface area contributed by atoms with E-state index in [2.05, 4.69) is 4.74 Å². The first-order valence-corrected chi connectivity index (χ1v) is 6.10. The Morgan fingerprint density at radius 1 is 1.56 bits per heavy atom. The van der Waals surface area contributed by atoms with E-state index in [1.165, 1.54) is 7.11 Å². The van der Waals surface area contributed by atoms with Crippen molar-refractivity contribution in [2.45, 2.75) is 18.7 Å². The number of nitrogen functional groups attached to an aromatic ring is 1. The molecule has 0 heterocycles. The fraction of sp³-hybridized carbons (Fsp3) is 0.417. The van der Waals surface area contributed by atoms with E-state index in [0.717, 1.165) is 16.1 Å². The normalized spacial score (nSPS) is 12.2. The molecular formula is C12H17NO2S. The third kappa shape index (κ3) is 3.45. The Balaban J connectivity index is 2.58. The fourth-order valence-electron chi connectivity index (χ4n) is 1.28. The highest BCUT2D eigenvalue weighted by Gasteiger charge is 2.13. The summed E-state index contributed by atoms with van der Waals surface area (Å²) < 4.78 is 4.67. The van der Waals surface area contributed by atoms with Crippen molar-refractivity contribution in [1.82, 2.24) is 0 Å². The summed E-state index contributed by atoms with van der Waals surface area (Å²) in [6.45, 7) is 3.85. The van der Waals surface area contributed by atoms with E-state index >= 15 is 0 Å². The van der Waals surface area contributed by atoms with Crippen LogP contribution < -0.4 is 5.73 Å². The van der Waals surface area contributed by atoms with E-state index in [-0.39, 0.29) is 11.9 Å². The van der Waals surface area contributed by atoms with E-state index in [9.17, 15) is 4.79 Å². The second kappa shape index (κ2) is 5.80. The van der Waals surface area contributed by atoms with Crippen molar-refractivity contribution in [3.8, 4) is 0 Å². The first-order valence-electron chi connectivity index (χ1n) is 5.11. The van der Waals surface area contributed by atoms with Crippen LogP contribution in [0.2, 0.25) is 0 Å². The molecule has 1 aromatic carbocycles. The van der Waals surface area contributed by atoms with E-state index in [1.807, 2.05) is 32.0 Å². The van der Waals surface area contributed by atoms with Crippen molar-refractivity contribution < 1.29 is 9.53 Å². The fourth-order valence-corrected chi connectivity index (χ4v) is 2.24. The predicted molar refractivity (Wildman–Crippen MR) is 67.5 cm³/mol. The maximum atomic E-state index is 11.2. The van der Waals surface area contributed by atoms with Gasteiger partial charge < -0.3 is 10.5 Å². The quantitative estimate of drug-likeness (QED) is 0.498. The number of carbonyl (C=O) groups is 1. The molecule has 1 aromatic rings. The number of ether oxygens (including phenoxy) is 1. The van der Waals surface area contributed by atoms with Crippen LogP contribution in [0.4, 0.5) is 5.69 Å². The third-order valence-electron chi connectivity index (χ3n) is 2.26. The lowest BCUT2D eigenvalue weighted by atomic mass is 10.2. The van der Waals surface area contributed by atoms with Crippen LogP contribution >= 0.6 is 11.8 Å². The van der Waals surface area contributed by atoms with Gasteiger partial charge in [0.05, 0.1) is 13.0 Å². The number of methoxy groups -OCH3 is 1. The van der Waals surface area contributed by atoms with E-state index in [1.54, 1.807) is 11.8 Å². The minimum absolute atomic E-state index is 0.115. The highest BCUT2D eigenvalue weighted by atomic mass is 32.2. The first-order chi connectivity index (χ1) is 7.54. The molecule has 0 spiro atoms. The molecule has 2 N–H and O–H groups in total. The summed E-state index contributed by atoms with van der Waals surface area (Å²) >= 11 is 1.58.